The quantitative estimate of drug-likeness (QED) is 0.807. The zero-order chi connectivity index (χ0) is 12.9. The van der Waals surface area contributed by atoms with Crippen molar-refractivity contribution in [2.45, 2.75) is 46.8 Å². The molecule has 0 atom stereocenters. The smallest absolute Gasteiger partial charge is 0.182 e. The molecule has 0 aliphatic carbocycles. The third-order valence-electron chi connectivity index (χ3n) is 2.10. The molecule has 3 nitrogen and oxygen atoms in total. The largest absolute Gasteiger partial charge is 0.246 e. The van der Waals surface area contributed by atoms with Gasteiger partial charge in [0.25, 0.3) is 0 Å². The molecule has 0 aromatic heterocycles. The molecule has 0 amide bonds. The lowest BCUT2D eigenvalue weighted by Crippen LogP contribution is -2.23. The van der Waals surface area contributed by atoms with Crippen LogP contribution in [-0.4, -0.2) is 11.6 Å². The molecule has 0 saturated carbocycles. The van der Waals surface area contributed by atoms with E-state index in [0.29, 0.717) is 0 Å². The highest BCUT2D eigenvalue weighted by Gasteiger charge is 2.25. The summed E-state index contributed by atoms with van der Waals surface area (Å²) >= 11 is 0. The molecule has 0 saturated heterocycles. The zero-order valence-electron chi connectivity index (χ0n) is 11.4. The highest BCUT2D eigenvalue weighted by molar-refractivity contribution is 5.99. The van der Waals surface area contributed by atoms with Crippen LogP contribution in [-0.2, 0) is 4.84 Å². The molecular weight excluding hydrogens is 212 g/mol. The van der Waals surface area contributed by atoms with E-state index in [1.165, 1.54) is 12.0 Å². The van der Waals surface area contributed by atoms with Crippen LogP contribution in [0.2, 0.25) is 0 Å². The first-order valence-electron chi connectivity index (χ1n) is 6.09. The lowest BCUT2D eigenvalue weighted by Gasteiger charge is -2.09. The number of rotatable bonds is 1. The number of amidine groups is 1. The van der Waals surface area contributed by atoms with E-state index >= 15 is 0 Å². The third-order valence-corrected chi connectivity index (χ3v) is 2.10. The number of hydrogen-bond donors (Lipinski definition) is 1. The molecule has 0 radical (unpaired) electrons. The van der Waals surface area contributed by atoms with Gasteiger partial charge in [0.2, 0.25) is 0 Å². The summed E-state index contributed by atoms with van der Waals surface area (Å²) in [6, 6.07) is 8.19. The molecule has 1 aromatic carbocycles. The van der Waals surface area contributed by atoms with Crippen LogP contribution in [0.15, 0.2) is 29.3 Å². The van der Waals surface area contributed by atoms with Crippen molar-refractivity contribution < 1.29 is 4.84 Å². The van der Waals surface area contributed by atoms with Crippen LogP contribution in [0, 0.1) is 6.92 Å². The van der Waals surface area contributed by atoms with Crippen molar-refractivity contribution in [2.75, 3.05) is 0 Å². The first-order valence-corrected chi connectivity index (χ1v) is 6.09. The summed E-state index contributed by atoms with van der Waals surface area (Å²) in [6.45, 7) is 10.1. The number of nitrogens with zero attached hydrogens (tertiary/aromatic N) is 1. The van der Waals surface area contributed by atoms with Gasteiger partial charge in [0.05, 0.1) is 0 Å². The van der Waals surface area contributed by atoms with Crippen LogP contribution in [0.5, 0.6) is 0 Å². The minimum Gasteiger partial charge on any atom is -0.246 e. The first-order chi connectivity index (χ1) is 7.98. The van der Waals surface area contributed by atoms with E-state index in [0.717, 1.165) is 11.4 Å². The molecule has 0 bridgehead atoms. The molecular formula is C14H22N2O. The average Bonchev–Trinajstić information content (AvgIpc) is 2.61. The summed E-state index contributed by atoms with van der Waals surface area (Å²) < 4.78 is 0. The second-order valence-corrected chi connectivity index (χ2v) is 4.68. The minimum absolute atomic E-state index is 0.458. The number of benzene rings is 1. The van der Waals surface area contributed by atoms with E-state index in [4.69, 9.17) is 4.84 Å². The van der Waals surface area contributed by atoms with E-state index < -0.39 is 5.72 Å². The van der Waals surface area contributed by atoms with Crippen LogP contribution < -0.4 is 5.48 Å². The van der Waals surface area contributed by atoms with E-state index in [1.807, 2.05) is 26.0 Å². The predicted molar refractivity (Wildman–Crippen MR) is 72.0 cm³/mol. The van der Waals surface area contributed by atoms with Crippen molar-refractivity contribution in [2.24, 2.45) is 4.99 Å². The van der Waals surface area contributed by atoms with Crippen LogP contribution in [0.3, 0.4) is 0 Å². The molecule has 1 aliphatic rings. The second-order valence-electron chi connectivity index (χ2n) is 4.68. The maximum Gasteiger partial charge on any atom is 0.182 e. The molecule has 94 valence electrons. The van der Waals surface area contributed by atoms with Crippen molar-refractivity contribution in [3.05, 3.63) is 35.4 Å². The van der Waals surface area contributed by atoms with Crippen molar-refractivity contribution in [3.8, 4) is 0 Å². The number of hydroxylamine groups is 1. The second kappa shape index (κ2) is 5.82. The fraction of sp³-hybridized carbons (Fsp3) is 0.500. The van der Waals surface area contributed by atoms with Gasteiger partial charge in [0.15, 0.2) is 11.6 Å². The Kier molecular flexibility index (Phi) is 4.70. The molecule has 1 aromatic rings. The predicted octanol–water partition coefficient (Wildman–Crippen LogP) is 3.43. The summed E-state index contributed by atoms with van der Waals surface area (Å²) in [5.41, 5.74) is 4.67. The third kappa shape index (κ3) is 4.19. The number of aliphatic imine (C=N–C) groups is 1. The van der Waals surface area contributed by atoms with Gasteiger partial charge in [-0.25, -0.2) is 15.3 Å². The van der Waals surface area contributed by atoms with Gasteiger partial charge in [-0.1, -0.05) is 50.1 Å². The monoisotopic (exact) mass is 234 g/mol. The summed E-state index contributed by atoms with van der Waals surface area (Å²) in [5, 5.41) is 0. The van der Waals surface area contributed by atoms with Crippen LogP contribution in [0.25, 0.3) is 0 Å². The van der Waals surface area contributed by atoms with E-state index in [2.05, 4.69) is 43.4 Å². The van der Waals surface area contributed by atoms with E-state index in [-0.39, 0.29) is 0 Å². The highest BCUT2D eigenvalue weighted by Crippen LogP contribution is 2.17. The molecule has 1 N–H and O–H groups in total. The van der Waals surface area contributed by atoms with Crippen molar-refractivity contribution in [1.82, 2.24) is 5.48 Å². The highest BCUT2D eigenvalue weighted by atomic mass is 16.7. The molecule has 17 heavy (non-hydrogen) atoms. The summed E-state index contributed by atoms with van der Waals surface area (Å²) in [5.74, 6) is 0.801. The van der Waals surface area contributed by atoms with Gasteiger partial charge >= 0.3 is 0 Å². The van der Waals surface area contributed by atoms with Gasteiger partial charge in [-0.2, -0.15) is 0 Å². The van der Waals surface area contributed by atoms with E-state index in [9.17, 15) is 0 Å². The average molecular weight is 234 g/mol. The molecule has 1 aliphatic heterocycles. The van der Waals surface area contributed by atoms with Gasteiger partial charge < -0.3 is 0 Å². The number of hydrogen-bond acceptors (Lipinski definition) is 3. The zero-order valence-corrected chi connectivity index (χ0v) is 11.4. The lowest BCUT2D eigenvalue weighted by atomic mass is 10.1. The Hall–Kier alpha value is -1.35. The Morgan fingerprint density at radius 3 is 2.12 bits per heavy atom. The topological polar surface area (TPSA) is 33.6 Å². The summed E-state index contributed by atoms with van der Waals surface area (Å²) in [7, 11) is 0. The Bertz CT molecular complexity index is 380. The fourth-order valence-corrected chi connectivity index (χ4v) is 1.32. The number of nitrogens with one attached hydrogen (secondary N) is 1. The normalized spacial score (nSPS) is 16.6. The Labute approximate surface area is 104 Å². The minimum atomic E-state index is -0.458. The molecule has 2 rings (SSSR count). The molecule has 0 fully saturated rings. The van der Waals surface area contributed by atoms with Crippen LogP contribution >= 0.6 is 0 Å². The van der Waals surface area contributed by atoms with Gasteiger partial charge in [0.1, 0.15) is 0 Å². The molecule has 3 heteroatoms. The van der Waals surface area contributed by atoms with Gasteiger partial charge in [-0.05, 0) is 20.8 Å². The Morgan fingerprint density at radius 2 is 1.71 bits per heavy atom. The fourth-order valence-electron chi connectivity index (χ4n) is 1.32. The van der Waals surface area contributed by atoms with Crippen molar-refractivity contribution >= 4 is 5.84 Å². The van der Waals surface area contributed by atoms with Crippen LogP contribution in [0.1, 0.15) is 45.2 Å². The Balaban J connectivity index is 0.000000437. The number of aryl methyl sites for hydroxylation is 1. The maximum atomic E-state index is 5.28. The maximum absolute atomic E-state index is 5.28. The van der Waals surface area contributed by atoms with Crippen molar-refractivity contribution in [3.63, 3.8) is 0 Å². The standard InChI is InChI=1S/C11H14N2O.C3H8/c1-8-4-6-9(7-5-8)10-12-11(2,3)14-13-10;1-3-2/h4-7H,1-3H3,(H,12,13);3H2,1-2H3. The Morgan fingerprint density at radius 1 is 1.18 bits per heavy atom. The van der Waals surface area contributed by atoms with E-state index in [1.54, 1.807) is 0 Å². The lowest BCUT2D eigenvalue weighted by molar-refractivity contribution is -0.0269. The summed E-state index contributed by atoms with van der Waals surface area (Å²) in [4.78, 5) is 9.69. The molecule has 0 spiro atoms. The molecule has 0 unspecified atom stereocenters. The summed E-state index contributed by atoms with van der Waals surface area (Å²) in [6.07, 6.45) is 1.25. The van der Waals surface area contributed by atoms with Crippen LogP contribution in [0.4, 0.5) is 0 Å². The molecule has 1 heterocycles. The van der Waals surface area contributed by atoms with Gasteiger partial charge in [-0.3, -0.25) is 0 Å². The van der Waals surface area contributed by atoms with Gasteiger partial charge in [0, 0.05) is 5.56 Å². The van der Waals surface area contributed by atoms with Gasteiger partial charge in [-0.15, -0.1) is 0 Å². The van der Waals surface area contributed by atoms with Crippen molar-refractivity contribution in [1.29, 1.82) is 0 Å². The first kappa shape index (κ1) is 13.7. The SMILES string of the molecule is CCC.Cc1ccc(C2=NC(C)(C)ON2)cc1.